The molecular weight excluding hydrogens is 394 g/mol. The van der Waals surface area contributed by atoms with Gasteiger partial charge in [0.2, 0.25) is 0 Å². The lowest BCUT2D eigenvalue weighted by Crippen LogP contribution is -2.14. The number of aromatic nitrogens is 1. The van der Waals surface area contributed by atoms with E-state index in [2.05, 4.69) is 31.5 Å². The summed E-state index contributed by atoms with van der Waals surface area (Å²) in [6, 6.07) is 8.95. The molecule has 3 aromatic rings. The Labute approximate surface area is 150 Å². The maximum atomic E-state index is 12.2. The molecule has 6 nitrogen and oxygen atoms in total. The molecule has 0 radical (unpaired) electrons. The van der Waals surface area contributed by atoms with Crippen LogP contribution < -0.4 is 10.6 Å². The molecule has 0 atom stereocenters. The van der Waals surface area contributed by atoms with Crippen LogP contribution in [0.2, 0.25) is 0 Å². The van der Waals surface area contributed by atoms with Crippen LogP contribution in [0.15, 0.2) is 50.9 Å². The van der Waals surface area contributed by atoms with E-state index in [0.717, 1.165) is 10.0 Å². The van der Waals surface area contributed by atoms with Crippen molar-refractivity contribution in [2.75, 3.05) is 10.6 Å². The summed E-state index contributed by atoms with van der Waals surface area (Å²) in [5, 5.41) is 7.06. The minimum Gasteiger partial charge on any atom is -0.431 e. The maximum absolute atomic E-state index is 12.2. The molecule has 24 heavy (non-hydrogen) atoms. The van der Waals surface area contributed by atoms with Crippen molar-refractivity contribution in [3.05, 3.63) is 62.6 Å². The highest BCUT2D eigenvalue weighted by atomic mass is 79.9. The molecule has 0 saturated carbocycles. The van der Waals surface area contributed by atoms with Gasteiger partial charge in [-0.3, -0.25) is 14.9 Å². The molecule has 0 saturated heterocycles. The molecule has 8 heteroatoms. The van der Waals surface area contributed by atoms with E-state index in [4.69, 9.17) is 4.42 Å². The lowest BCUT2D eigenvalue weighted by molar-refractivity contribution is 0.101. The summed E-state index contributed by atoms with van der Waals surface area (Å²) < 4.78 is 6.06. The predicted octanol–water partition coefficient (Wildman–Crippen LogP) is 4.31. The first-order valence-corrected chi connectivity index (χ1v) is 8.58. The summed E-state index contributed by atoms with van der Waals surface area (Å²) in [4.78, 5) is 28.7. The molecule has 0 bridgehead atoms. The van der Waals surface area contributed by atoms with Crippen molar-refractivity contribution in [2.24, 2.45) is 0 Å². The maximum Gasteiger partial charge on any atom is 0.302 e. The third-order valence-electron chi connectivity index (χ3n) is 3.14. The number of hydrogen-bond acceptors (Lipinski definition) is 5. The highest BCUT2D eigenvalue weighted by molar-refractivity contribution is 9.10. The molecule has 2 N–H and O–H groups in total. The number of nitrogens with one attached hydrogen (secondary N) is 2. The Balaban J connectivity index is 1.68. The van der Waals surface area contributed by atoms with Gasteiger partial charge in [-0.1, -0.05) is 22.0 Å². The second-order valence-corrected chi connectivity index (χ2v) is 6.75. The summed E-state index contributed by atoms with van der Waals surface area (Å²) in [6.07, 6.45) is 1.20. The third kappa shape index (κ3) is 3.72. The summed E-state index contributed by atoms with van der Waals surface area (Å²) in [5.41, 5.74) is 1.67. The van der Waals surface area contributed by atoms with Crippen LogP contribution in [0.5, 0.6) is 0 Å². The summed E-state index contributed by atoms with van der Waals surface area (Å²) in [5.74, 6) is -0.747. The lowest BCUT2D eigenvalue weighted by atomic mass is 10.2. The van der Waals surface area contributed by atoms with Crippen LogP contribution in [-0.4, -0.2) is 16.8 Å². The van der Waals surface area contributed by atoms with Crippen LogP contribution in [0.1, 0.15) is 25.7 Å². The van der Waals surface area contributed by atoms with Crippen LogP contribution in [0.4, 0.5) is 11.7 Å². The smallest absolute Gasteiger partial charge is 0.302 e. The van der Waals surface area contributed by atoms with Crippen molar-refractivity contribution in [1.29, 1.82) is 0 Å². The minimum absolute atomic E-state index is 0.0221. The quantitative estimate of drug-likeness (QED) is 0.676. The fourth-order valence-corrected chi connectivity index (χ4v) is 3.05. The van der Waals surface area contributed by atoms with Crippen molar-refractivity contribution in [1.82, 2.24) is 4.98 Å². The number of anilines is 2. The van der Waals surface area contributed by atoms with Gasteiger partial charge in [-0.05, 0) is 42.1 Å². The first-order chi connectivity index (χ1) is 11.5. The summed E-state index contributed by atoms with van der Waals surface area (Å²) in [6.45, 7) is 1.88. The fourth-order valence-electron chi connectivity index (χ4n) is 1.96. The number of halogens is 1. The molecule has 0 aliphatic heterocycles. The van der Waals surface area contributed by atoms with Gasteiger partial charge in [0.25, 0.3) is 11.8 Å². The zero-order valence-electron chi connectivity index (χ0n) is 12.5. The molecule has 0 fully saturated rings. The Morgan fingerprint density at radius 1 is 1.21 bits per heavy atom. The largest absolute Gasteiger partial charge is 0.431 e. The zero-order chi connectivity index (χ0) is 17.1. The topological polar surface area (TPSA) is 84.2 Å². The van der Waals surface area contributed by atoms with E-state index < -0.39 is 5.91 Å². The van der Waals surface area contributed by atoms with Gasteiger partial charge < -0.3 is 9.73 Å². The number of oxazole rings is 1. The number of rotatable bonds is 4. The van der Waals surface area contributed by atoms with Gasteiger partial charge in [0.1, 0.15) is 6.26 Å². The number of amides is 2. The van der Waals surface area contributed by atoms with Gasteiger partial charge in [-0.25, -0.2) is 0 Å². The van der Waals surface area contributed by atoms with Crippen LogP contribution in [0.3, 0.4) is 0 Å². The van der Waals surface area contributed by atoms with E-state index in [1.807, 2.05) is 19.1 Å². The molecule has 3 rings (SSSR count). The Kier molecular flexibility index (Phi) is 4.77. The van der Waals surface area contributed by atoms with E-state index in [1.165, 1.54) is 17.6 Å². The van der Waals surface area contributed by atoms with Crippen LogP contribution in [0, 0.1) is 6.92 Å². The number of benzene rings is 1. The minimum atomic E-state index is -0.416. The SMILES string of the molecule is Cc1cc(Br)ccc1NC(=O)c1coc(NC(=O)c2cccs2)n1. The van der Waals surface area contributed by atoms with Crippen LogP contribution in [-0.2, 0) is 0 Å². The lowest BCUT2D eigenvalue weighted by Gasteiger charge is -2.06. The number of thiophene rings is 1. The number of hydrogen-bond donors (Lipinski definition) is 2. The van der Waals surface area contributed by atoms with E-state index in [0.29, 0.717) is 10.6 Å². The monoisotopic (exact) mass is 405 g/mol. The predicted molar refractivity (Wildman–Crippen MR) is 95.6 cm³/mol. The molecular formula is C16H12BrN3O3S. The van der Waals surface area contributed by atoms with Gasteiger partial charge in [-0.2, -0.15) is 4.98 Å². The molecule has 2 heterocycles. The van der Waals surface area contributed by atoms with Gasteiger partial charge >= 0.3 is 6.01 Å². The number of nitrogens with zero attached hydrogens (tertiary/aromatic N) is 1. The molecule has 122 valence electrons. The standard InChI is InChI=1S/C16H12BrN3O3S/c1-9-7-10(17)4-5-11(9)18-14(21)12-8-23-16(19-12)20-15(22)13-3-2-6-24-13/h2-8H,1H3,(H,18,21)(H,19,20,22). The van der Waals surface area contributed by atoms with Crippen LogP contribution >= 0.6 is 27.3 Å². The Morgan fingerprint density at radius 2 is 2.04 bits per heavy atom. The number of carbonyl (C=O) groups is 2. The second kappa shape index (κ2) is 6.98. The van der Waals surface area contributed by atoms with E-state index in [9.17, 15) is 9.59 Å². The Hall–Kier alpha value is -2.45. The number of aryl methyl sites for hydroxylation is 1. The molecule has 2 aromatic heterocycles. The average Bonchev–Trinajstić information content (AvgIpc) is 3.21. The van der Waals surface area contributed by atoms with Crippen LogP contribution in [0.25, 0.3) is 0 Å². The first-order valence-electron chi connectivity index (χ1n) is 6.91. The molecule has 0 aliphatic rings. The fraction of sp³-hybridized carbons (Fsp3) is 0.0625. The molecule has 0 aliphatic carbocycles. The normalized spacial score (nSPS) is 10.4. The Morgan fingerprint density at radius 3 is 2.75 bits per heavy atom. The van der Waals surface area contributed by atoms with Gasteiger partial charge in [0, 0.05) is 10.2 Å². The van der Waals surface area contributed by atoms with Gasteiger partial charge in [0.05, 0.1) is 4.88 Å². The highest BCUT2D eigenvalue weighted by Crippen LogP contribution is 2.21. The first kappa shape index (κ1) is 16.4. The molecule has 2 amide bonds. The third-order valence-corrected chi connectivity index (χ3v) is 4.50. The highest BCUT2D eigenvalue weighted by Gasteiger charge is 2.16. The van der Waals surface area contributed by atoms with Crippen molar-refractivity contribution < 1.29 is 14.0 Å². The van der Waals surface area contributed by atoms with Crippen molar-refractivity contribution in [2.45, 2.75) is 6.92 Å². The van der Waals surface area contributed by atoms with E-state index in [-0.39, 0.29) is 17.6 Å². The zero-order valence-corrected chi connectivity index (χ0v) is 14.9. The van der Waals surface area contributed by atoms with E-state index >= 15 is 0 Å². The molecule has 0 spiro atoms. The number of carbonyl (C=O) groups excluding carboxylic acids is 2. The Bertz CT molecular complexity index is 890. The summed E-state index contributed by atoms with van der Waals surface area (Å²) in [7, 11) is 0. The van der Waals surface area contributed by atoms with Gasteiger partial charge in [-0.15, -0.1) is 11.3 Å². The second-order valence-electron chi connectivity index (χ2n) is 4.88. The van der Waals surface area contributed by atoms with Gasteiger partial charge in [0.15, 0.2) is 5.69 Å². The summed E-state index contributed by atoms with van der Waals surface area (Å²) >= 11 is 4.67. The average molecular weight is 406 g/mol. The van der Waals surface area contributed by atoms with Crippen molar-refractivity contribution in [3.8, 4) is 0 Å². The molecule has 0 unspecified atom stereocenters. The van der Waals surface area contributed by atoms with Crippen molar-refractivity contribution >= 4 is 50.8 Å². The van der Waals surface area contributed by atoms with E-state index in [1.54, 1.807) is 23.6 Å². The molecule has 1 aromatic carbocycles. The van der Waals surface area contributed by atoms with Crippen molar-refractivity contribution in [3.63, 3.8) is 0 Å².